The van der Waals surface area contributed by atoms with Gasteiger partial charge >= 0.3 is 0 Å². The molecule has 0 saturated carbocycles. The summed E-state index contributed by atoms with van der Waals surface area (Å²) < 4.78 is 45.1. The first kappa shape index (κ1) is 19.2. The summed E-state index contributed by atoms with van der Waals surface area (Å²) in [6.45, 7) is 1.22. The summed E-state index contributed by atoms with van der Waals surface area (Å²) in [5, 5.41) is 4.70. The molecule has 0 aliphatic carbocycles. The second-order valence-electron chi connectivity index (χ2n) is 6.82. The van der Waals surface area contributed by atoms with E-state index in [4.69, 9.17) is 4.74 Å². The average Bonchev–Trinajstić information content (AvgIpc) is 3.13. The lowest BCUT2D eigenvalue weighted by Crippen LogP contribution is -2.37. The topological polar surface area (TPSA) is 107 Å². The zero-order chi connectivity index (χ0) is 20.6. The fraction of sp³-hybridized carbons (Fsp3) is 0.333. The van der Waals surface area contributed by atoms with Crippen LogP contribution in [0.2, 0.25) is 0 Å². The standard InChI is InChI=1S/C18H18FN5O4S/c1-29(26,27)13-2-3-16(15(19)8-13)24-17-14(9-22-24)18(21-10-20-17)28-12-4-6-23(11-25)7-5-12/h2-3,8-12H,4-7H2,1H3. The third-order valence-corrected chi connectivity index (χ3v) is 5.92. The SMILES string of the molecule is CS(=O)(=O)c1ccc(-n2ncc3c(OC4CCN(C=O)CC4)ncnc32)c(F)c1. The van der Waals surface area contributed by atoms with Crippen molar-refractivity contribution >= 4 is 27.3 Å². The predicted molar refractivity (Wildman–Crippen MR) is 101 cm³/mol. The Bertz CT molecular complexity index is 1170. The molecule has 11 heteroatoms. The maximum absolute atomic E-state index is 14.6. The number of nitrogens with zero attached hydrogens (tertiary/aromatic N) is 5. The Labute approximate surface area is 166 Å². The van der Waals surface area contributed by atoms with Crippen molar-refractivity contribution in [2.24, 2.45) is 0 Å². The van der Waals surface area contributed by atoms with Gasteiger partial charge in [0.1, 0.15) is 29.3 Å². The highest BCUT2D eigenvalue weighted by molar-refractivity contribution is 7.90. The van der Waals surface area contributed by atoms with E-state index in [1.54, 1.807) is 4.90 Å². The van der Waals surface area contributed by atoms with E-state index in [1.807, 2.05) is 0 Å². The van der Waals surface area contributed by atoms with Gasteiger partial charge in [0.05, 0.1) is 11.1 Å². The molecule has 1 aliphatic heterocycles. The Morgan fingerprint density at radius 1 is 1.24 bits per heavy atom. The van der Waals surface area contributed by atoms with Gasteiger partial charge in [-0.3, -0.25) is 4.79 Å². The molecule has 0 atom stereocenters. The molecule has 1 fully saturated rings. The van der Waals surface area contributed by atoms with Crippen molar-refractivity contribution in [1.29, 1.82) is 0 Å². The molecule has 4 rings (SSSR count). The maximum atomic E-state index is 14.6. The zero-order valence-electron chi connectivity index (χ0n) is 15.5. The van der Waals surface area contributed by atoms with Crippen LogP contribution in [0.15, 0.2) is 35.6 Å². The Kier molecular flexibility index (Phi) is 4.91. The number of sulfone groups is 1. The van der Waals surface area contributed by atoms with Gasteiger partial charge in [-0.15, -0.1) is 0 Å². The average molecular weight is 419 g/mol. The van der Waals surface area contributed by atoms with Gasteiger partial charge in [-0.2, -0.15) is 5.10 Å². The predicted octanol–water partition coefficient (Wildman–Crippen LogP) is 1.36. The normalized spacial score (nSPS) is 15.6. The van der Waals surface area contributed by atoms with Crippen molar-refractivity contribution in [3.63, 3.8) is 0 Å². The Balaban J connectivity index is 1.65. The van der Waals surface area contributed by atoms with Crippen LogP contribution in [0.5, 0.6) is 5.88 Å². The molecule has 0 spiro atoms. The summed E-state index contributed by atoms with van der Waals surface area (Å²) in [6.07, 6.45) is 5.89. The summed E-state index contributed by atoms with van der Waals surface area (Å²) in [6, 6.07) is 3.62. The molecule has 152 valence electrons. The second kappa shape index (κ2) is 7.39. The molecule has 1 aliphatic rings. The quantitative estimate of drug-likeness (QED) is 0.575. The highest BCUT2D eigenvalue weighted by Crippen LogP contribution is 2.27. The number of hydrogen-bond acceptors (Lipinski definition) is 7. The first-order valence-electron chi connectivity index (χ1n) is 8.91. The van der Waals surface area contributed by atoms with Gasteiger partial charge in [-0.25, -0.2) is 27.5 Å². The molecule has 3 heterocycles. The van der Waals surface area contributed by atoms with Crippen molar-refractivity contribution < 1.29 is 22.3 Å². The Morgan fingerprint density at radius 3 is 2.66 bits per heavy atom. The van der Waals surface area contributed by atoms with E-state index in [0.717, 1.165) is 18.7 Å². The van der Waals surface area contributed by atoms with E-state index in [9.17, 15) is 17.6 Å². The number of hydrogen-bond donors (Lipinski definition) is 0. The van der Waals surface area contributed by atoms with Crippen molar-refractivity contribution in [3.8, 4) is 11.6 Å². The molecule has 1 saturated heterocycles. The number of benzene rings is 1. The molecule has 1 aromatic carbocycles. The van der Waals surface area contributed by atoms with Gasteiger partial charge in [0, 0.05) is 32.2 Å². The maximum Gasteiger partial charge on any atom is 0.228 e. The molecule has 0 unspecified atom stereocenters. The second-order valence-corrected chi connectivity index (χ2v) is 8.83. The van der Waals surface area contributed by atoms with Gasteiger partial charge in [0.2, 0.25) is 12.3 Å². The number of ether oxygens (including phenoxy) is 1. The summed E-state index contributed by atoms with van der Waals surface area (Å²) in [5.74, 6) is -0.404. The van der Waals surface area contributed by atoms with Gasteiger partial charge in [-0.1, -0.05) is 0 Å². The van der Waals surface area contributed by atoms with E-state index < -0.39 is 15.7 Å². The molecule has 2 aromatic heterocycles. The van der Waals surface area contributed by atoms with Crippen molar-refractivity contribution in [3.05, 3.63) is 36.5 Å². The number of carbonyl (C=O) groups is 1. The number of rotatable bonds is 5. The van der Waals surface area contributed by atoms with Crippen LogP contribution >= 0.6 is 0 Å². The number of halogens is 1. The van der Waals surface area contributed by atoms with Crippen molar-refractivity contribution in [1.82, 2.24) is 24.6 Å². The van der Waals surface area contributed by atoms with Crippen molar-refractivity contribution in [2.45, 2.75) is 23.8 Å². The molecule has 3 aromatic rings. The Hall–Kier alpha value is -3.08. The van der Waals surface area contributed by atoms with Crippen LogP contribution in [-0.4, -0.2) is 64.9 Å². The molecule has 0 bridgehead atoms. The molecular weight excluding hydrogens is 401 g/mol. The number of amides is 1. The third-order valence-electron chi connectivity index (χ3n) is 4.81. The molecule has 1 amide bonds. The van der Waals surface area contributed by atoms with Crippen LogP contribution in [0.25, 0.3) is 16.7 Å². The molecule has 0 radical (unpaired) electrons. The number of aromatic nitrogens is 4. The minimum atomic E-state index is -3.52. The third kappa shape index (κ3) is 3.77. The van der Waals surface area contributed by atoms with Crippen LogP contribution in [-0.2, 0) is 14.6 Å². The number of carbonyl (C=O) groups excluding carboxylic acids is 1. The first-order chi connectivity index (χ1) is 13.9. The van der Waals surface area contributed by atoms with E-state index in [0.29, 0.717) is 42.8 Å². The lowest BCUT2D eigenvalue weighted by molar-refractivity contribution is -0.119. The molecule has 9 nitrogen and oxygen atoms in total. The highest BCUT2D eigenvalue weighted by Gasteiger charge is 2.22. The van der Waals surface area contributed by atoms with Gasteiger partial charge in [0.15, 0.2) is 15.5 Å². The summed E-state index contributed by atoms with van der Waals surface area (Å²) in [4.78, 5) is 20.8. The van der Waals surface area contributed by atoms with Gasteiger partial charge < -0.3 is 9.64 Å². The smallest absolute Gasteiger partial charge is 0.228 e. The van der Waals surface area contributed by atoms with E-state index >= 15 is 0 Å². The first-order valence-corrected chi connectivity index (χ1v) is 10.8. The van der Waals surface area contributed by atoms with Gasteiger partial charge in [-0.05, 0) is 18.2 Å². The van der Waals surface area contributed by atoms with Crippen LogP contribution < -0.4 is 4.74 Å². The highest BCUT2D eigenvalue weighted by atomic mass is 32.2. The largest absolute Gasteiger partial charge is 0.474 e. The van der Waals surface area contributed by atoms with Crippen LogP contribution in [0.4, 0.5) is 4.39 Å². The van der Waals surface area contributed by atoms with Crippen LogP contribution in [0.3, 0.4) is 0 Å². The van der Waals surface area contributed by atoms with Crippen LogP contribution in [0.1, 0.15) is 12.8 Å². The molecule has 0 N–H and O–H groups in total. The van der Waals surface area contributed by atoms with Crippen LogP contribution in [0, 0.1) is 5.82 Å². The number of piperidine rings is 1. The monoisotopic (exact) mass is 419 g/mol. The van der Waals surface area contributed by atoms with Crippen molar-refractivity contribution in [2.75, 3.05) is 19.3 Å². The summed E-state index contributed by atoms with van der Waals surface area (Å²) in [5.41, 5.74) is 0.405. The van der Waals surface area contributed by atoms with E-state index in [2.05, 4.69) is 15.1 Å². The molecular formula is C18H18FN5O4S. The number of likely N-dealkylation sites (tertiary alicyclic amines) is 1. The lowest BCUT2D eigenvalue weighted by atomic mass is 10.1. The number of fused-ring (bicyclic) bond motifs is 1. The summed E-state index contributed by atoms with van der Waals surface area (Å²) in [7, 11) is -3.52. The van der Waals surface area contributed by atoms with E-state index in [1.165, 1.54) is 29.3 Å². The lowest BCUT2D eigenvalue weighted by Gasteiger charge is -2.29. The fourth-order valence-corrected chi connectivity index (χ4v) is 3.87. The fourth-order valence-electron chi connectivity index (χ4n) is 3.24. The minimum Gasteiger partial charge on any atom is -0.474 e. The minimum absolute atomic E-state index is 0.0661. The van der Waals surface area contributed by atoms with Gasteiger partial charge in [0.25, 0.3) is 0 Å². The van der Waals surface area contributed by atoms with E-state index in [-0.39, 0.29) is 16.7 Å². The summed E-state index contributed by atoms with van der Waals surface area (Å²) >= 11 is 0. The Morgan fingerprint density at radius 2 is 2.00 bits per heavy atom. The zero-order valence-corrected chi connectivity index (χ0v) is 16.3. The molecule has 29 heavy (non-hydrogen) atoms.